The lowest BCUT2D eigenvalue weighted by Crippen LogP contribution is -2.28. The molecule has 1 amide bonds. The number of nitrogens with one attached hydrogen (secondary N) is 1. The second-order valence-electron chi connectivity index (χ2n) is 7.98. The molecule has 2 aromatic carbocycles. The van der Waals surface area contributed by atoms with E-state index in [4.69, 9.17) is 0 Å². The monoisotopic (exact) mass is 473 g/mol. The van der Waals surface area contributed by atoms with Gasteiger partial charge in [-0.05, 0) is 43.7 Å². The van der Waals surface area contributed by atoms with Gasteiger partial charge in [0.25, 0.3) is 5.56 Å². The van der Waals surface area contributed by atoms with Crippen molar-refractivity contribution < 1.29 is 9.18 Å². The van der Waals surface area contributed by atoms with Crippen LogP contribution in [-0.4, -0.2) is 25.2 Å². The normalized spacial score (nSPS) is 11.1. The first-order valence-electron chi connectivity index (χ1n) is 10.6. The van der Waals surface area contributed by atoms with Crippen molar-refractivity contribution in [1.29, 1.82) is 0 Å². The summed E-state index contributed by atoms with van der Waals surface area (Å²) >= 11 is 1.33. The van der Waals surface area contributed by atoms with E-state index >= 15 is 0 Å². The largest absolute Gasteiger partial charge is 0.309 e. The number of hydrogen-bond donors (Lipinski definition) is 1. The molecule has 170 valence electrons. The zero-order valence-corrected chi connectivity index (χ0v) is 19.3. The van der Waals surface area contributed by atoms with Crippen molar-refractivity contribution in [1.82, 2.24) is 19.3 Å². The summed E-state index contributed by atoms with van der Waals surface area (Å²) in [6, 6.07) is 15.5. The molecule has 3 aromatic heterocycles. The van der Waals surface area contributed by atoms with Gasteiger partial charge in [-0.3, -0.25) is 14.2 Å². The van der Waals surface area contributed by atoms with E-state index in [2.05, 4.69) is 15.4 Å². The van der Waals surface area contributed by atoms with Crippen LogP contribution in [0, 0.1) is 19.7 Å². The molecule has 0 aliphatic carbocycles. The van der Waals surface area contributed by atoms with E-state index < -0.39 is 0 Å². The number of rotatable bonds is 5. The Morgan fingerprint density at radius 1 is 1.09 bits per heavy atom. The van der Waals surface area contributed by atoms with Gasteiger partial charge in [0.05, 0.1) is 23.1 Å². The molecule has 0 unspecified atom stereocenters. The molecule has 7 nitrogen and oxygen atoms in total. The Morgan fingerprint density at radius 3 is 2.56 bits per heavy atom. The summed E-state index contributed by atoms with van der Waals surface area (Å²) in [6.45, 7) is 3.63. The molecule has 5 aromatic rings. The van der Waals surface area contributed by atoms with Gasteiger partial charge in [0.1, 0.15) is 23.0 Å². The number of hydrogen-bond acceptors (Lipinski definition) is 5. The number of aryl methyl sites for hydroxylation is 2. The van der Waals surface area contributed by atoms with Crippen molar-refractivity contribution in [2.45, 2.75) is 20.4 Å². The van der Waals surface area contributed by atoms with Gasteiger partial charge in [0.15, 0.2) is 0 Å². The molecule has 9 heteroatoms. The topological polar surface area (TPSA) is 81.8 Å². The molecule has 0 saturated carbocycles. The smallest absolute Gasteiger partial charge is 0.263 e. The maximum absolute atomic E-state index is 13.3. The molecular weight excluding hydrogens is 453 g/mol. The van der Waals surface area contributed by atoms with Crippen LogP contribution in [0.1, 0.15) is 11.3 Å². The molecule has 0 aliphatic heterocycles. The number of fused-ring (bicyclic) bond motifs is 1. The Hall–Kier alpha value is -4.11. The highest BCUT2D eigenvalue weighted by Crippen LogP contribution is 2.30. The van der Waals surface area contributed by atoms with E-state index in [1.54, 1.807) is 22.9 Å². The van der Waals surface area contributed by atoms with E-state index in [-0.39, 0.29) is 23.8 Å². The van der Waals surface area contributed by atoms with Gasteiger partial charge in [-0.2, -0.15) is 5.10 Å². The second kappa shape index (κ2) is 8.68. The second-order valence-corrected chi connectivity index (χ2v) is 8.84. The zero-order valence-electron chi connectivity index (χ0n) is 18.4. The van der Waals surface area contributed by atoms with Crippen LogP contribution in [0.5, 0.6) is 0 Å². The van der Waals surface area contributed by atoms with Gasteiger partial charge in [-0.25, -0.2) is 14.1 Å². The summed E-state index contributed by atoms with van der Waals surface area (Å²) in [5.74, 6) is -0.221. The number of amides is 1. The van der Waals surface area contributed by atoms with Gasteiger partial charge >= 0.3 is 0 Å². The fourth-order valence-electron chi connectivity index (χ4n) is 3.73. The Labute approximate surface area is 198 Å². The third kappa shape index (κ3) is 4.13. The number of nitrogens with zero attached hydrogens (tertiary/aromatic N) is 4. The molecule has 0 aliphatic rings. The molecule has 0 bridgehead atoms. The highest BCUT2D eigenvalue weighted by atomic mass is 32.1. The number of halogens is 1. The van der Waals surface area contributed by atoms with E-state index in [1.807, 2.05) is 43.5 Å². The third-order valence-electron chi connectivity index (χ3n) is 5.41. The molecule has 5 rings (SSSR count). The Balaban J connectivity index is 1.43. The Morgan fingerprint density at radius 2 is 1.82 bits per heavy atom. The minimum absolute atomic E-state index is 0.210. The van der Waals surface area contributed by atoms with Crippen LogP contribution < -0.4 is 10.9 Å². The van der Waals surface area contributed by atoms with Crippen molar-refractivity contribution in [3.05, 3.63) is 93.7 Å². The van der Waals surface area contributed by atoms with Gasteiger partial charge in [0, 0.05) is 17.0 Å². The van der Waals surface area contributed by atoms with Gasteiger partial charge < -0.3 is 5.32 Å². The first-order chi connectivity index (χ1) is 16.4. The molecule has 3 heterocycles. The van der Waals surface area contributed by atoms with Crippen LogP contribution >= 0.6 is 11.3 Å². The highest BCUT2D eigenvalue weighted by molar-refractivity contribution is 7.17. The molecule has 0 atom stereocenters. The van der Waals surface area contributed by atoms with E-state index in [1.165, 1.54) is 34.4 Å². The molecular formula is C25H20FN5O2S. The Kier molecular flexibility index (Phi) is 5.54. The van der Waals surface area contributed by atoms with Gasteiger partial charge in [-0.1, -0.05) is 29.8 Å². The SMILES string of the molecule is Cc1ccc(-n2nc(C)cc2NC(=O)Cn2cnc3scc(-c4ccc(F)cc4)c3c2=O)cc1. The van der Waals surface area contributed by atoms with Crippen LogP contribution in [0.15, 0.2) is 71.1 Å². The summed E-state index contributed by atoms with van der Waals surface area (Å²) in [7, 11) is 0. The molecule has 0 spiro atoms. The Bertz CT molecular complexity index is 1570. The number of anilines is 1. The van der Waals surface area contributed by atoms with Crippen LogP contribution in [-0.2, 0) is 11.3 Å². The summed E-state index contributed by atoms with van der Waals surface area (Å²) in [6.07, 6.45) is 1.37. The van der Waals surface area contributed by atoms with E-state index in [0.717, 1.165) is 16.9 Å². The molecule has 0 saturated heterocycles. The van der Waals surface area contributed by atoms with Gasteiger partial charge in [-0.15, -0.1) is 11.3 Å². The van der Waals surface area contributed by atoms with Crippen molar-refractivity contribution in [2.75, 3.05) is 5.32 Å². The van der Waals surface area contributed by atoms with Crippen molar-refractivity contribution in [3.63, 3.8) is 0 Å². The van der Waals surface area contributed by atoms with Crippen LogP contribution in [0.3, 0.4) is 0 Å². The number of thiophene rings is 1. The van der Waals surface area contributed by atoms with Crippen LogP contribution in [0.4, 0.5) is 10.2 Å². The number of carbonyl (C=O) groups excluding carboxylic acids is 1. The first-order valence-corrected chi connectivity index (χ1v) is 11.4. The summed E-state index contributed by atoms with van der Waals surface area (Å²) in [4.78, 5) is 31.0. The molecule has 0 fully saturated rings. The lowest BCUT2D eigenvalue weighted by atomic mass is 10.1. The van der Waals surface area contributed by atoms with Crippen LogP contribution in [0.2, 0.25) is 0 Å². The predicted octanol–water partition coefficient (Wildman–Crippen LogP) is 4.71. The van der Waals surface area contributed by atoms with Crippen molar-refractivity contribution in [2.24, 2.45) is 0 Å². The lowest BCUT2D eigenvalue weighted by Gasteiger charge is -2.10. The highest BCUT2D eigenvalue weighted by Gasteiger charge is 2.16. The summed E-state index contributed by atoms with van der Waals surface area (Å²) < 4.78 is 16.3. The average molecular weight is 474 g/mol. The average Bonchev–Trinajstić information content (AvgIpc) is 3.40. The summed E-state index contributed by atoms with van der Waals surface area (Å²) in [5, 5.41) is 9.55. The van der Waals surface area contributed by atoms with Gasteiger partial charge in [0.2, 0.25) is 5.91 Å². The molecule has 34 heavy (non-hydrogen) atoms. The third-order valence-corrected chi connectivity index (χ3v) is 6.29. The lowest BCUT2D eigenvalue weighted by molar-refractivity contribution is -0.116. The first kappa shape index (κ1) is 21.7. The summed E-state index contributed by atoms with van der Waals surface area (Å²) in [5.41, 5.74) is 3.74. The maximum atomic E-state index is 13.3. The number of carbonyl (C=O) groups is 1. The number of aromatic nitrogens is 4. The maximum Gasteiger partial charge on any atom is 0.263 e. The minimum atomic E-state index is -0.380. The fraction of sp³-hybridized carbons (Fsp3) is 0.120. The number of benzene rings is 2. The van der Waals surface area contributed by atoms with E-state index in [9.17, 15) is 14.0 Å². The van der Waals surface area contributed by atoms with Crippen molar-refractivity contribution >= 4 is 33.3 Å². The molecule has 0 radical (unpaired) electrons. The predicted molar refractivity (Wildman–Crippen MR) is 131 cm³/mol. The zero-order chi connectivity index (χ0) is 23.8. The molecule has 1 N–H and O–H groups in total. The van der Waals surface area contributed by atoms with E-state index in [0.29, 0.717) is 27.2 Å². The quantitative estimate of drug-likeness (QED) is 0.401. The van der Waals surface area contributed by atoms with Crippen molar-refractivity contribution in [3.8, 4) is 16.8 Å². The fourth-order valence-corrected chi connectivity index (χ4v) is 4.64. The standard InChI is InChI=1S/C25H20FN5O2S/c1-15-3-9-19(10-4-15)31-21(11-16(2)29-31)28-22(32)12-30-14-27-24-23(25(30)33)20(13-34-24)17-5-7-18(26)8-6-17/h3-11,13-14H,12H2,1-2H3,(H,28,32). The minimum Gasteiger partial charge on any atom is -0.309 e. The van der Waals surface area contributed by atoms with Crippen LogP contribution in [0.25, 0.3) is 27.0 Å².